The number of carbonyl (C=O) groups excluding carboxylic acids is 1. The maximum absolute atomic E-state index is 12.1. The lowest BCUT2D eigenvalue weighted by Gasteiger charge is -2.17. The number of hydrogen-bond donors (Lipinski definition) is 0. The van der Waals surface area contributed by atoms with Crippen molar-refractivity contribution < 1.29 is 17.9 Å². The van der Waals surface area contributed by atoms with Gasteiger partial charge in [0.05, 0.1) is 10.9 Å². The van der Waals surface area contributed by atoms with Gasteiger partial charge in [0.1, 0.15) is 6.61 Å². The molecule has 0 radical (unpaired) electrons. The normalized spacial score (nSPS) is 20.9. The zero-order valence-corrected chi connectivity index (χ0v) is 9.48. The Morgan fingerprint density at radius 2 is 1.94 bits per heavy atom. The summed E-state index contributed by atoms with van der Waals surface area (Å²) in [5.41, 5.74) is 0. The molecular formula is C10H11NO4S. The largest absolute Gasteiger partial charge is 0.446 e. The molecule has 86 valence electrons. The lowest BCUT2D eigenvalue weighted by Crippen LogP contribution is -2.37. The minimum Gasteiger partial charge on any atom is -0.446 e. The maximum atomic E-state index is 12.1. The molecule has 5 nitrogen and oxygen atoms in total. The number of benzene rings is 1. The van der Waals surface area contributed by atoms with Crippen molar-refractivity contribution in [2.24, 2.45) is 0 Å². The van der Waals surface area contributed by atoms with Crippen LogP contribution in [0.5, 0.6) is 0 Å². The second kappa shape index (κ2) is 3.79. The summed E-state index contributed by atoms with van der Waals surface area (Å²) in [6.07, 6.45) is -0.809. The SMILES string of the molecule is C[C@H]1COC(=O)N1S(=O)(=O)c1ccccc1. The van der Waals surface area contributed by atoms with E-state index >= 15 is 0 Å². The fourth-order valence-corrected chi connectivity index (χ4v) is 3.06. The van der Waals surface area contributed by atoms with Crippen molar-refractivity contribution >= 4 is 16.1 Å². The molecule has 1 aliphatic rings. The molecule has 0 aliphatic carbocycles. The van der Waals surface area contributed by atoms with Gasteiger partial charge < -0.3 is 4.74 Å². The van der Waals surface area contributed by atoms with Gasteiger partial charge in [0, 0.05) is 0 Å². The highest BCUT2D eigenvalue weighted by Crippen LogP contribution is 2.22. The van der Waals surface area contributed by atoms with Crippen LogP contribution in [0.3, 0.4) is 0 Å². The van der Waals surface area contributed by atoms with Crippen LogP contribution in [0.1, 0.15) is 6.92 Å². The summed E-state index contributed by atoms with van der Waals surface area (Å²) in [7, 11) is -3.78. The summed E-state index contributed by atoms with van der Waals surface area (Å²) in [4.78, 5) is 11.4. The molecule has 1 atom stereocenters. The Balaban J connectivity index is 2.44. The van der Waals surface area contributed by atoms with Gasteiger partial charge in [-0.3, -0.25) is 0 Å². The van der Waals surface area contributed by atoms with Crippen LogP contribution in [0.25, 0.3) is 0 Å². The summed E-state index contributed by atoms with van der Waals surface area (Å²) < 4.78 is 29.6. The number of ether oxygens (including phenoxy) is 1. The van der Waals surface area contributed by atoms with Crippen LogP contribution >= 0.6 is 0 Å². The van der Waals surface area contributed by atoms with E-state index in [9.17, 15) is 13.2 Å². The molecule has 1 aliphatic heterocycles. The van der Waals surface area contributed by atoms with Gasteiger partial charge in [-0.25, -0.2) is 13.2 Å². The number of hydrogen-bond acceptors (Lipinski definition) is 4. The Labute approximate surface area is 93.7 Å². The molecule has 6 heteroatoms. The molecule has 1 heterocycles. The first-order valence-corrected chi connectivity index (χ1v) is 6.24. The van der Waals surface area contributed by atoms with Crippen molar-refractivity contribution in [3.63, 3.8) is 0 Å². The Morgan fingerprint density at radius 3 is 2.44 bits per heavy atom. The van der Waals surface area contributed by atoms with Crippen LogP contribution in [-0.4, -0.2) is 31.5 Å². The van der Waals surface area contributed by atoms with Gasteiger partial charge in [0.25, 0.3) is 10.0 Å². The summed E-state index contributed by atoms with van der Waals surface area (Å²) in [5, 5.41) is 0. The highest BCUT2D eigenvalue weighted by atomic mass is 32.2. The number of nitrogens with zero attached hydrogens (tertiary/aromatic N) is 1. The second-order valence-electron chi connectivity index (χ2n) is 3.54. The number of amides is 1. The molecule has 1 aromatic carbocycles. The van der Waals surface area contributed by atoms with Gasteiger partial charge in [-0.05, 0) is 19.1 Å². The zero-order valence-electron chi connectivity index (χ0n) is 8.66. The van der Waals surface area contributed by atoms with Crippen LogP contribution in [0.4, 0.5) is 4.79 Å². The monoisotopic (exact) mass is 241 g/mol. The first kappa shape index (κ1) is 10.9. The topological polar surface area (TPSA) is 63.7 Å². The predicted molar refractivity (Wildman–Crippen MR) is 56.3 cm³/mol. The third-order valence-corrected chi connectivity index (χ3v) is 4.22. The highest BCUT2D eigenvalue weighted by molar-refractivity contribution is 7.89. The van der Waals surface area contributed by atoms with Crippen LogP contribution < -0.4 is 0 Å². The molecule has 2 rings (SSSR count). The molecular weight excluding hydrogens is 230 g/mol. The van der Waals surface area contributed by atoms with Crippen molar-refractivity contribution in [2.75, 3.05) is 6.61 Å². The molecule has 0 N–H and O–H groups in total. The molecule has 0 saturated carbocycles. The lowest BCUT2D eigenvalue weighted by atomic mass is 10.4. The van der Waals surface area contributed by atoms with Gasteiger partial charge >= 0.3 is 6.09 Å². The van der Waals surface area contributed by atoms with Gasteiger partial charge in [-0.2, -0.15) is 4.31 Å². The number of sulfonamides is 1. The van der Waals surface area contributed by atoms with E-state index in [4.69, 9.17) is 4.74 Å². The van der Waals surface area contributed by atoms with Crippen LogP contribution in [0, 0.1) is 0 Å². The third kappa shape index (κ3) is 1.65. The van der Waals surface area contributed by atoms with E-state index in [1.165, 1.54) is 12.1 Å². The first-order chi connectivity index (χ1) is 7.53. The summed E-state index contributed by atoms with van der Waals surface area (Å²) in [6.45, 7) is 1.73. The number of rotatable bonds is 2. The minimum atomic E-state index is -3.78. The molecule has 0 aromatic heterocycles. The van der Waals surface area contributed by atoms with Crippen LogP contribution in [0.15, 0.2) is 35.2 Å². The van der Waals surface area contributed by atoms with Gasteiger partial charge in [-0.1, -0.05) is 18.2 Å². The van der Waals surface area contributed by atoms with E-state index in [2.05, 4.69) is 0 Å². The highest BCUT2D eigenvalue weighted by Gasteiger charge is 2.39. The Bertz CT molecular complexity index is 497. The van der Waals surface area contributed by atoms with Crippen molar-refractivity contribution in [1.82, 2.24) is 4.31 Å². The van der Waals surface area contributed by atoms with E-state index < -0.39 is 22.2 Å². The predicted octanol–water partition coefficient (Wildman–Crippen LogP) is 1.22. The summed E-state index contributed by atoms with van der Waals surface area (Å²) >= 11 is 0. The third-order valence-electron chi connectivity index (χ3n) is 2.33. The lowest BCUT2D eigenvalue weighted by molar-refractivity contribution is 0.170. The van der Waals surface area contributed by atoms with Crippen LogP contribution in [0.2, 0.25) is 0 Å². The molecule has 1 saturated heterocycles. The van der Waals surface area contributed by atoms with Gasteiger partial charge in [0.2, 0.25) is 0 Å². The van der Waals surface area contributed by atoms with Gasteiger partial charge in [-0.15, -0.1) is 0 Å². The zero-order chi connectivity index (χ0) is 11.8. The Hall–Kier alpha value is -1.56. The maximum Gasteiger partial charge on any atom is 0.424 e. The summed E-state index contributed by atoms with van der Waals surface area (Å²) in [6, 6.07) is 7.38. The molecule has 0 bridgehead atoms. The molecule has 0 unspecified atom stereocenters. The quantitative estimate of drug-likeness (QED) is 0.780. The fraction of sp³-hybridized carbons (Fsp3) is 0.300. The molecule has 1 fully saturated rings. The first-order valence-electron chi connectivity index (χ1n) is 4.80. The van der Waals surface area contributed by atoms with E-state index in [1.807, 2.05) is 0 Å². The molecule has 16 heavy (non-hydrogen) atoms. The van der Waals surface area contributed by atoms with E-state index in [0.29, 0.717) is 0 Å². The Kier molecular flexibility index (Phi) is 2.59. The van der Waals surface area contributed by atoms with E-state index in [1.54, 1.807) is 25.1 Å². The second-order valence-corrected chi connectivity index (χ2v) is 5.35. The van der Waals surface area contributed by atoms with Crippen molar-refractivity contribution in [3.05, 3.63) is 30.3 Å². The molecule has 1 aromatic rings. The fourth-order valence-electron chi connectivity index (χ4n) is 1.54. The van der Waals surface area contributed by atoms with Crippen molar-refractivity contribution in [2.45, 2.75) is 17.9 Å². The average molecular weight is 241 g/mol. The van der Waals surface area contributed by atoms with Crippen molar-refractivity contribution in [1.29, 1.82) is 0 Å². The number of carbonyl (C=O) groups is 1. The average Bonchev–Trinajstić information content (AvgIpc) is 2.60. The standard InChI is InChI=1S/C10H11NO4S/c1-8-7-15-10(12)11(8)16(13,14)9-5-3-2-4-6-9/h2-6,8H,7H2,1H3/t8-/m0/s1. The summed E-state index contributed by atoms with van der Waals surface area (Å²) in [5.74, 6) is 0. The molecule has 1 amide bonds. The number of cyclic esters (lactones) is 1. The minimum absolute atomic E-state index is 0.0979. The molecule has 0 spiro atoms. The Morgan fingerprint density at radius 1 is 1.31 bits per heavy atom. The van der Waals surface area contributed by atoms with Crippen molar-refractivity contribution in [3.8, 4) is 0 Å². The van der Waals surface area contributed by atoms with E-state index in [0.717, 1.165) is 4.31 Å². The smallest absolute Gasteiger partial charge is 0.424 e. The van der Waals surface area contributed by atoms with Crippen LogP contribution in [-0.2, 0) is 14.8 Å². The van der Waals surface area contributed by atoms with Gasteiger partial charge in [0.15, 0.2) is 0 Å². The van der Waals surface area contributed by atoms with E-state index in [-0.39, 0.29) is 11.5 Å².